The molecule has 0 amide bonds. The van der Waals surface area contributed by atoms with Crippen molar-refractivity contribution in [3.05, 3.63) is 38.4 Å². The lowest BCUT2D eigenvalue weighted by atomic mass is 10.1. The van der Waals surface area contributed by atoms with Crippen LogP contribution in [0.1, 0.15) is 11.1 Å². The van der Waals surface area contributed by atoms with Crippen LogP contribution < -0.4 is 5.73 Å². The van der Waals surface area contributed by atoms with E-state index in [2.05, 4.69) is 0 Å². The molecule has 0 saturated carbocycles. The number of hydrogen-bond acceptors (Lipinski definition) is 3. The fourth-order valence-electron chi connectivity index (χ4n) is 1.03. The fourth-order valence-corrected chi connectivity index (χ4v) is 1.26. The molecule has 0 atom stereocenters. The van der Waals surface area contributed by atoms with Crippen molar-refractivity contribution in [3.63, 3.8) is 0 Å². The van der Waals surface area contributed by atoms with E-state index in [1.54, 1.807) is 13.0 Å². The van der Waals surface area contributed by atoms with Gasteiger partial charge in [0.15, 0.2) is 0 Å². The number of benzene rings is 1. The van der Waals surface area contributed by atoms with Crippen molar-refractivity contribution in [2.24, 2.45) is 5.73 Å². The fraction of sp³-hybridized carbons (Fsp3) is 0.250. The molecule has 1 aromatic rings. The van der Waals surface area contributed by atoms with Gasteiger partial charge < -0.3 is 5.73 Å². The third kappa shape index (κ3) is 1.96. The standard InChI is InChI=1S/C8H9ClN2O2/c1-5-7(9)2-6(4-10)3-8(5)11(12)13/h2-3H,4,10H2,1H3. The largest absolute Gasteiger partial charge is 0.326 e. The number of nitro groups is 1. The van der Waals surface area contributed by atoms with Crippen molar-refractivity contribution < 1.29 is 4.92 Å². The van der Waals surface area contributed by atoms with Crippen molar-refractivity contribution >= 4 is 17.3 Å². The summed E-state index contributed by atoms with van der Waals surface area (Å²) in [5, 5.41) is 10.9. The summed E-state index contributed by atoms with van der Waals surface area (Å²) in [6.07, 6.45) is 0. The number of nitro benzene ring substituents is 1. The van der Waals surface area contributed by atoms with Gasteiger partial charge in [-0.25, -0.2) is 0 Å². The predicted molar refractivity (Wildman–Crippen MR) is 50.7 cm³/mol. The van der Waals surface area contributed by atoms with E-state index in [0.29, 0.717) is 16.1 Å². The molecular formula is C8H9ClN2O2. The predicted octanol–water partition coefficient (Wildman–Crippen LogP) is 2.02. The highest BCUT2D eigenvalue weighted by Crippen LogP contribution is 2.27. The second kappa shape index (κ2) is 3.72. The topological polar surface area (TPSA) is 69.2 Å². The van der Waals surface area contributed by atoms with Crippen LogP contribution >= 0.6 is 11.6 Å². The number of nitrogens with two attached hydrogens (primary N) is 1. The number of hydrogen-bond donors (Lipinski definition) is 1. The minimum atomic E-state index is -0.458. The Balaban J connectivity index is 3.33. The highest BCUT2D eigenvalue weighted by Gasteiger charge is 2.14. The molecule has 0 aliphatic carbocycles. The first kappa shape index (κ1) is 9.95. The molecule has 0 unspecified atom stereocenters. The molecule has 0 aromatic heterocycles. The van der Waals surface area contributed by atoms with Crippen LogP contribution in [0.3, 0.4) is 0 Å². The van der Waals surface area contributed by atoms with Gasteiger partial charge >= 0.3 is 0 Å². The SMILES string of the molecule is Cc1c(Cl)cc(CN)cc1[N+](=O)[O-]. The molecular weight excluding hydrogens is 192 g/mol. The van der Waals surface area contributed by atoms with Crippen molar-refractivity contribution in [1.29, 1.82) is 0 Å². The summed E-state index contributed by atoms with van der Waals surface area (Å²) in [6.45, 7) is 1.86. The molecule has 0 aliphatic heterocycles. The van der Waals surface area contributed by atoms with E-state index < -0.39 is 4.92 Å². The van der Waals surface area contributed by atoms with Gasteiger partial charge in [-0.3, -0.25) is 10.1 Å². The highest BCUT2D eigenvalue weighted by atomic mass is 35.5. The van der Waals surface area contributed by atoms with Gasteiger partial charge in [0.1, 0.15) is 0 Å². The molecule has 2 N–H and O–H groups in total. The monoisotopic (exact) mass is 200 g/mol. The molecule has 0 fully saturated rings. The van der Waals surface area contributed by atoms with E-state index in [1.807, 2.05) is 0 Å². The zero-order chi connectivity index (χ0) is 10.0. The second-order valence-electron chi connectivity index (χ2n) is 2.68. The molecule has 0 saturated heterocycles. The molecule has 0 radical (unpaired) electrons. The van der Waals surface area contributed by atoms with Gasteiger partial charge in [0.2, 0.25) is 0 Å². The van der Waals surface area contributed by atoms with Crippen LogP contribution in [-0.4, -0.2) is 4.92 Å². The Bertz CT molecular complexity index is 352. The first-order valence-electron chi connectivity index (χ1n) is 3.69. The summed E-state index contributed by atoms with van der Waals surface area (Å²) in [7, 11) is 0. The van der Waals surface area contributed by atoms with E-state index in [4.69, 9.17) is 17.3 Å². The number of rotatable bonds is 2. The molecule has 13 heavy (non-hydrogen) atoms. The molecule has 0 heterocycles. The normalized spacial score (nSPS) is 10.1. The zero-order valence-corrected chi connectivity index (χ0v) is 7.84. The number of halogens is 1. The molecule has 4 nitrogen and oxygen atoms in total. The van der Waals surface area contributed by atoms with Crippen molar-refractivity contribution in [2.75, 3.05) is 0 Å². The summed E-state index contributed by atoms with van der Waals surface area (Å²) in [6, 6.07) is 3.09. The molecule has 0 spiro atoms. The Morgan fingerprint density at radius 2 is 2.23 bits per heavy atom. The van der Waals surface area contributed by atoms with Gasteiger partial charge in [-0.1, -0.05) is 11.6 Å². The van der Waals surface area contributed by atoms with Crippen molar-refractivity contribution in [3.8, 4) is 0 Å². The van der Waals surface area contributed by atoms with Crippen LogP contribution in [0, 0.1) is 17.0 Å². The van der Waals surface area contributed by atoms with Crippen LogP contribution in [0.4, 0.5) is 5.69 Å². The van der Waals surface area contributed by atoms with Crippen LogP contribution in [-0.2, 0) is 6.54 Å². The summed E-state index contributed by atoms with van der Waals surface area (Å²) in [4.78, 5) is 10.1. The van der Waals surface area contributed by atoms with Crippen LogP contribution in [0.2, 0.25) is 5.02 Å². The molecule has 1 aromatic carbocycles. The maximum absolute atomic E-state index is 10.5. The van der Waals surface area contributed by atoms with Crippen LogP contribution in [0.5, 0.6) is 0 Å². The lowest BCUT2D eigenvalue weighted by molar-refractivity contribution is -0.385. The third-order valence-electron chi connectivity index (χ3n) is 1.81. The second-order valence-corrected chi connectivity index (χ2v) is 3.09. The van der Waals surface area contributed by atoms with Crippen LogP contribution in [0.15, 0.2) is 12.1 Å². The Hall–Kier alpha value is -1.13. The van der Waals surface area contributed by atoms with E-state index >= 15 is 0 Å². The Kier molecular flexibility index (Phi) is 2.85. The Morgan fingerprint density at radius 3 is 2.69 bits per heavy atom. The summed E-state index contributed by atoms with van der Waals surface area (Å²) in [5.74, 6) is 0. The minimum Gasteiger partial charge on any atom is -0.326 e. The summed E-state index contributed by atoms with van der Waals surface area (Å²) < 4.78 is 0. The number of nitrogens with zero attached hydrogens (tertiary/aromatic N) is 1. The summed E-state index contributed by atoms with van der Waals surface area (Å²) in [5.41, 5.74) is 6.52. The Labute approximate surface area is 80.5 Å². The average Bonchev–Trinajstić information content (AvgIpc) is 2.09. The van der Waals surface area contributed by atoms with Gasteiger partial charge in [0, 0.05) is 18.2 Å². The molecule has 1 rings (SSSR count). The smallest absolute Gasteiger partial charge is 0.274 e. The molecule has 5 heteroatoms. The average molecular weight is 201 g/mol. The maximum Gasteiger partial charge on any atom is 0.274 e. The minimum absolute atomic E-state index is 0.0213. The van der Waals surface area contributed by atoms with Crippen LogP contribution in [0.25, 0.3) is 0 Å². The zero-order valence-electron chi connectivity index (χ0n) is 7.08. The van der Waals surface area contributed by atoms with Gasteiger partial charge in [-0.2, -0.15) is 0 Å². The van der Waals surface area contributed by atoms with Gasteiger partial charge in [0.25, 0.3) is 5.69 Å². The van der Waals surface area contributed by atoms with Gasteiger partial charge in [-0.05, 0) is 18.6 Å². The van der Waals surface area contributed by atoms with Gasteiger partial charge in [-0.15, -0.1) is 0 Å². The van der Waals surface area contributed by atoms with E-state index in [-0.39, 0.29) is 12.2 Å². The van der Waals surface area contributed by atoms with Gasteiger partial charge in [0.05, 0.1) is 9.95 Å². The molecule has 0 bridgehead atoms. The third-order valence-corrected chi connectivity index (χ3v) is 2.20. The van der Waals surface area contributed by atoms with E-state index in [1.165, 1.54) is 6.07 Å². The lowest BCUT2D eigenvalue weighted by Crippen LogP contribution is -1.99. The van der Waals surface area contributed by atoms with Crippen molar-refractivity contribution in [2.45, 2.75) is 13.5 Å². The first-order valence-corrected chi connectivity index (χ1v) is 4.07. The molecule has 70 valence electrons. The van der Waals surface area contributed by atoms with Crippen molar-refractivity contribution in [1.82, 2.24) is 0 Å². The first-order chi connectivity index (χ1) is 6.06. The van der Waals surface area contributed by atoms with E-state index in [0.717, 1.165) is 0 Å². The molecule has 0 aliphatic rings. The highest BCUT2D eigenvalue weighted by molar-refractivity contribution is 6.31. The quantitative estimate of drug-likeness (QED) is 0.587. The Morgan fingerprint density at radius 1 is 1.62 bits per heavy atom. The summed E-state index contributed by atoms with van der Waals surface area (Å²) >= 11 is 5.78. The lowest BCUT2D eigenvalue weighted by Gasteiger charge is -2.02. The maximum atomic E-state index is 10.5. The van der Waals surface area contributed by atoms with E-state index in [9.17, 15) is 10.1 Å².